The average molecular weight is 182 g/mol. The van der Waals surface area contributed by atoms with Crippen molar-refractivity contribution in [3.05, 3.63) is 0 Å². The van der Waals surface area contributed by atoms with Crippen molar-refractivity contribution in [3.8, 4) is 6.07 Å². The Morgan fingerprint density at radius 2 is 2.31 bits per heavy atom. The monoisotopic (exact) mass is 182 g/mol. The lowest BCUT2D eigenvalue weighted by Crippen LogP contribution is -2.51. The molecule has 1 heterocycles. The summed E-state index contributed by atoms with van der Waals surface area (Å²) in [6, 6.07) is 2.17. The molecule has 4 nitrogen and oxygen atoms in total. The van der Waals surface area contributed by atoms with Crippen molar-refractivity contribution in [1.82, 2.24) is 4.90 Å². The van der Waals surface area contributed by atoms with Gasteiger partial charge in [0.25, 0.3) is 0 Å². The van der Waals surface area contributed by atoms with Gasteiger partial charge in [-0.25, -0.2) is 4.79 Å². The molecule has 0 aromatic rings. The minimum absolute atomic E-state index is 0.399. The van der Waals surface area contributed by atoms with Crippen molar-refractivity contribution in [2.75, 3.05) is 13.7 Å². The first-order valence-corrected chi connectivity index (χ1v) is 4.41. The number of methoxy groups -OCH3 is 1. The van der Waals surface area contributed by atoms with E-state index in [9.17, 15) is 4.79 Å². The summed E-state index contributed by atoms with van der Waals surface area (Å²) in [5.41, 5.74) is -0.675. The fourth-order valence-electron chi connectivity index (χ4n) is 1.64. The summed E-state index contributed by atoms with van der Waals surface area (Å²) in [4.78, 5) is 12.8. The van der Waals surface area contributed by atoms with Gasteiger partial charge in [-0.2, -0.15) is 5.26 Å². The molecule has 4 heteroatoms. The topological polar surface area (TPSA) is 53.3 Å². The quantitative estimate of drug-likeness (QED) is 0.570. The number of nitrogens with zero attached hydrogens (tertiary/aromatic N) is 2. The maximum atomic E-state index is 11.3. The van der Waals surface area contributed by atoms with Crippen molar-refractivity contribution in [2.45, 2.75) is 31.7 Å². The van der Waals surface area contributed by atoms with E-state index in [0.29, 0.717) is 6.54 Å². The van der Waals surface area contributed by atoms with Gasteiger partial charge in [-0.1, -0.05) is 0 Å². The van der Waals surface area contributed by atoms with Crippen molar-refractivity contribution < 1.29 is 9.53 Å². The minimum atomic E-state index is -0.675. The lowest BCUT2D eigenvalue weighted by molar-refractivity contribution is 0.0713. The Hall–Kier alpha value is -1.24. The van der Waals surface area contributed by atoms with Gasteiger partial charge in [0.15, 0.2) is 0 Å². The third-order valence-corrected chi connectivity index (χ3v) is 2.53. The lowest BCUT2D eigenvalue weighted by atomic mass is 9.90. The zero-order valence-corrected chi connectivity index (χ0v) is 8.04. The summed E-state index contributed by atoms with van der Waals surface area (Å²) in [5, 5.41) is 8.97. The van der Waals surface area contributed by atoms with Crippen LogP contribution in [-0.2, 0) is 4.74 Å². The van der Waals surface area contributed by atoms with E-state index in [1.807, 2.05) is 0 Å². The predicted octanol–water partition coefficient (Wildman–Crippen LogP) is 1.52. The molecule has 1 aliphatic rings. The molecule has 1 rings (SSSR count). The number of hydrogen-bond acceptors (Lipinski definition) is 3. The van der Waals surface area contributed by atoms with Gasteiger partial charge in [0.1, 0.15) is 5.54 Å². The number of rotatable bonds is 0. The Balaban J connectivity index is 2.80. The highest BCUT2D eigenvalue weighted by Crippen LogP contribution is 2.27. The third-order valence-electron chi connectivity index (χ3n) is 2.53. The van der Waals surface area contributed by atoms with E-state index in [1.165, 1.54) is 12.0 Å². The summed E-state index contributed by atoms with van der Waals surface area (Å²) in [6.07, 6.45) is 2.28. The van der Waals surface area contributed by atoms with Gasteiger partial charge in [-0.15, -0.1) is 0 Å². The fourth-order valence-corrected chi connectivity index (χ4v) is 1.64. The van der Waals surface area contributed by atoms with Gasteiger partial charge in [-0.05, 0) is 26.2 Å². The number of likely N-dealkylation sites (tertiary alicyclic amines) is 1. The molecule has 1 fully saturated rings. The van der Waals surface area contributed by atoms with Crippen LogP contribution in [0.15, 0.2) is 0 Å². The largest absolute Gasteiger partial charge is 0.453 e. The molecule has 0 N–H and O–H groups in total. The van der Waals surface area contributed by atoms with Crippen LogP contribution < -0.4 is 0 Å². The van der Waals surface area contributed by atoms with Gasteiger partial charge >= 0.3 is 6.09 Å². The Labute approximate surface area is 78.1 Å². The second kappa shape index (κ2) is 3.65. The molecule has 1 atom stereocenters. The highest BCUT2D eigenvalue weighted by atomic mass is 16.5. The first-order chi connectivity index (χ1) is 6.14. The van der Waals surface area contributed by atoms with Crippen LogP contribution in [0.3, 0.4) is 0 Å². The molecule has 0 radical (unpaired) electrons. The van der Waals surface area contributed by atoms with E-state index in [4.69, 9.17) is 5.26 Å². The summed E-state index contributed by atoms with van der Waals surface area (Å²) in [5.74, 6) is 0. The van der Waals surface area contributed by atoms with E-state index in [1.54, 1.807) is 6.92 Å². The van der Waals surface area contributed by atoms with Gasteiger partial charge in [-0.3, -0.25) is 4.90 Å². The number of carbonyl (C=O) groups is 1. The molecule has 0 saturated carbocycles. The molecule has 0 aromatic carbocycles. The number of amides is 1. The smallest absolute Gasteiger partial charge is 0.410 e. The van der Waals surface area contributed by atoms with E-state index < -0.39 is 11.6 Å². The van der Waals surface area contributed by atoms with Gasteiger partial charge in [0, 0.05) is 6.54 Å². The van der Waals surface area contributed by atoms with Crippen LogP contribution in [0.5, 0.6) is 0 Å². The Morgan fingerprint density at radius 3 is 2.85 bits per heavy atom. The average Bonchev–Trinajstić information content (AvgIpc) is 2.17. The molecule has 13 heavy (non-hydrogen) atoms. The Bertz CT molecular complexity index is 246. The first kappa shape index (κ1) is 9.85. The number of nitriles is 1. The van der Waals surface area contributed by atoms with Gasteiger partial charge in [0.05, 0.1) is 13.2 Å². The highest BCUT2D eigenvalue weighted by molar-refractivity contribution is 5.69. The molecule has 0 aliphatic carbocycles. The molecular weight excluding hydrogens is 168 g/mol. The number of carbonyl (C=O) groups excluding carboxylic acids is 1. The molecule has 0 bridgehead atoms. The van der Waals surface area contributed by atoms with E-state index in [2.05, 4.69) is 10.8 Å². The highest BCUT2D eigenvalue weighted by Gasteiger charge is 2.38. The maximum absolute atomic E-state index is 11.3. The number of piperidine rings is 1. The van der Waals surface area contributed by atoms with Crippen molar-refractivity contribution in [3.63, 3.8) is 0 Å². The van der Waals surface area contributed by atoms with Gasteiger partial charge < -0.3 is 4.74 Å². The predicted molar refractivity (Wildman–Crippen MR) is 47.0 cm³/mol. The second-order valence-electron chi connectivity index (χ2n) is 3.46. The Kier molecular flexibility index (Phi) is 2.76. The standard InChI is InChI=1S/C9H14N2O2/c1-9(7-10)5-3-4-6-11(9)8(12)13-2/h3-6H2,1-2H3. The molecule has 1 saturated heterocycles. The molecule has 1 amide bonds. The normalized spacial score (nSPS) is 27.9. The van der Waals surface area contributed by atoms with Crippen LogP contribution in [0, 0.1) is 11.3 Å². The van der Waals surface area contributed by atoms with Crippen LogP contribution in [0.2, 0.25) is 0 Å². The second-order valence-corrected chi connectivity index (χ2v) is 3.46. The molecule has 0 aromatic heterocycles. The molecular formula is C9H14N2O2. The Morgan fingerprint density at radius 1 is 1.62 bits per heavy atom. The van der Waals surface area contributed by atoms with Crippen molar-refractivity contribution in [1.29, 1.82) is 5.26 Å². The van der Waals surface area contributed by atoms with E-state index >= 15 is 0 Å². The van der Waals surface area contributed by atoms with E-state index in [0.717, 1.165) is 19.3 Å². The first-order valence-electron chi connectivity index (χ1n) is 4.41. The summed E-state index contributed by atoms with van der Waals surface area (Å²) in [6.45, 7) is 2.40. The van der Waals surface area contributed by atoms with Crippen LogP contribution in [0.25, 0.3) is 0 Å². The van der Waals surface area contributed by atoms with E-state index in [-0.39, 0.29) is 0 Å². The molecule has 1 aliphatic heterocycles. The fraction of sp³-hybridized carbons (Fsp3) is 0.778. The molecule has 0 spiro atoms. The van der Waals surface area contributed by atoms with Crippen LogP contribution in [0.4, 0.5) is 4.79 Å². The number of ether oxygens (including phenoxy) is 1. The van der Waals surface area contributed by atoms with Crippen LogP contribution in [0.1, 0.15) is 26.2 Å². The molecule has 1 unspecified atom stereocenters. The lowest BCUT2D eigenvalue weighted by Gasteiger charge is -2.38. The maximum Gasteiger partial charge on any atom is 0.410 e. The summed E-state index contributed by atoms with van der Waals surface area (Å²) < 4.78 is 4.62. The van der Waals surface area contributed by atoms with Crippen molar-refractivity contribution in [2.24, 2.45) is 0 Å². The molecule has 72 valence electrons. The van der Waals surface area contributed by atoms with Gasteiger partial charge in [0.2, 0.25) is 0 Å². The summed E-state index contributed by atoms with van der Waals surface area (Å²) >= 11 is 0. The van der Waals surface area contributed by atoms with Crippen LogP contribution >= 0.6 is 0 Å². The minimum Gasteiger partial charge on any atom is -0.453 e. The summed E-state index contributed by atoms with van der Waals surface area (Å²) in [7, 11) is 1.34. The zero-order chi connectivity index (χ0) is 9.90. The van der Waals surface area contributed by atoms with Crippen LogP contribution in [-0.4, -0.2) is 30.2 Å². The van der Waals surface area contributed by atoms with Crippen molar-refractivity contribution >= 4 is 6.09 Å². The zero-order valence-electron chi connectivity index (χ0n) is 8.04. The third kappa shape index (κ3) is 1.74. The SMILES string of the molecule is COC(=O)N1CCCCC1(C)C#N. The number of hydrogen-bond donors (Lipinski definition) is 0.